The minimum atomic E-state index is -0.389. The average molecular weight is 452 g/mol. The average Bonchev–Trinajstić information content (AvgIpc) is 2.71. The van der Waals surface area contributed by atoms with Crippen molar-refractivity contribution in [2.75, 3.05) is 7.11 Å². The maximum absolute atomic E-state index is 13.5. The van der Waals surface area contributed by atoms with Crippen molar-refractivity contribution in [3.05, 3.63) is 93.2 Å². The molecule has 3 aromatic carbocycles. The highest BCUT2D eigenvalue weighted by Crippen LogP contribution is 2.36. The van der Waals surface area contributed by atoms with Crippen LogP contribution in [-0.4, -0.2) is 7.11 Å². The van der Waals surface area contributed by atoms with Crippen LogP contribution in [0.15, 0.2) is 65.1 Å². The van der Waals surface area contributed by atoms with Gasteiger partial charge in [0.1, 0.15) is 12.4 Å². The van der Waals surface area contributed by atoms with E-state index in [1.165, 1.54) is 17.7 Å². The van der Waals surface area contributed by atoms with Crippen LogP contribution in [0.2, 0.25) is 0 Å². The summed E-state index contributed by atoms with van der Waals surface area (Å²) in [4.78, 5) is 0. The van der Waals surface area contributed by atoms with Gasteiger partial charge in [0.15, 0.2) is 11.5 Å². The van der Waals surface area contributed by atoms with E-state index in [4.69, 9.17) is 9.47 Å². The maximum atomic E-state index is 13.5. The Bertz CT molecular complexity index is 1100. The maximum Gasteiger partial charge on any atom is 0.162 e. The number of benzene rings is 3. The first kappa shape index (κ1) is 20.6. The Morgan fingerprint density at radius 3 is 2.59 bits per heavy atom. The molecule has 0 fully saturated rings. The van der Waals surface area contributed by atoms with Crippen LogP contribution in [0.25, 0.3) is 11.6 Å². The third kappa shape index (κ3) is 5.24. The predicted molar refractivity (Wildman–Crippen MR) is 116 cm³/mol. The Balaban J connectivity index is 1.90. The molecule has 0 radical (unpaired) electrons. The summed E-state index contributed by atoms with van der Waals surface area (Å²) in [5.41, 5.74) is 3.82. The summed E-state index contributed by atoms with van der Waals surface area (Å²) in [6, 6.07) is 19.8. The third-order valence-electron chi connectivity index (χ3n) is 4.32. The minimum Gasteiger partial charge on any atom is -0.493 e. The van der Waals surface area contributed by atoms with E-state index in [1.807, 2.05) is 25.1 Å². The molecule has 0 N–H and O–H groups in total. The Morgan fingerprint density at radius 1 is 1.10 bits per heavy atom. The molecule has 3 aromatic rings. The smallest absolute Gasteiger partial charge is 0.162 e. The number of ether oxygens (including phenoxy) is 2. The van der Waals surface area contributed by atoms with Gasteiger partial charge in [0.05, 0.1) is 18.8 Å². The van der Waals surface area contributed by atoms with Gasteiger partial charge in [-0.2, -0.15) is 5.26 Å². The van der Waals surface area contributed by atoms with Gasteiger partial charge >= 0.3 is 0 Å². The predicted octanol–water partition coefficient (Wildman–Crippen LogP) is 6.55. The Morgan fingerprint density at radius 2 is 1.90 bits per heavy atom. The molecule has 0 saturated heterocycles. The van der Waals surface area contributed by atoms with Crippen LogP contribution in [-0.2, 0) is 6.61 Å². The van der Waals surface area contributed by atoms with E-state index in [-0.39, 0.29) is 5.82 Å². The monoisotopic (exact) mass is 451 g/mol. The second-order valence-corrected chi connectivity index (χ2v) is 7.34. The van der Waals surface area contributed by atoms with Crippen LogP contribution >= 0.6 is 15.9 Å². The van der Waals surface area contributed by atoms with Crippen LogP contribution < -0.4 is 9.47 Å². The van der Waals surface area contributed by atoms with Gasteiger partial charge in [-0.15, -0.1) is 0 Å². The van der Waals surface area contributed by atoms with Gasteiger partial charge in [0.2, 0.25) is 0 Å². The van der Waals surface area contributed by atoms with Crippen molar-refractivity contribution in [2.24, 2.45) is 0 Å². The fourth-order valence-electron chi connectivity index (χ4n) is 2.89. The number of nitriles is 1. The zero-order valence-corrected chi connectivity index (χ0v) is 17.7. The first-order chi connectivity index (χ1) is 14.0. The van der Waals surface area contributed by atoms with E-state index >= 15 is 0 Å². The van der Waals surface area contributed by atoms with Crippen LogP contribution in [0.4, 0.5) is 4.39 Å². The Hall–Kier alpha value is -3.10. The molecule has 3 rings (SSSR count). The summed E-state index contributed by atoms with van der Waals surface area (Å²) in [6.45, 7) is 2.44. The van der Waals surface area contributed by atoms with Crippen molar-refractivity contribution < 1.29 is 13.9 Å². The highest BCUT2D eigenvalue weighted by atomic mass is 79.9. The van der Waals surface area contributed by atoms with E-state index < -0.39 is 0 Å². The van der Waals surface area contributed by atoms with Gasteiger partial charge in [-0.3, -0.25) is 0 Å². The van der Waals surface area contributed by atoms with Gasteiger partial charge in [-0.1, -0.05) is 57.9 Å². The number of nitrogens with zero attached hydrogens (tertiary/aromatic N) is 1. The molecule has 0 aliphatic carbocycles. The van der Waals surface area contributed by atoms with E-state index in [9.17, 15) is 9.65 Å². The van der Waals surface area contributed by atoms with Crippen molar-refractivity contribution in [1.29, 1.82) is 5.26 Å². The highest BCUT2D eigenvalue weighted by Gasteiger charge is 2.11. The Labute approximate surface area is 178 Å². The summed E-state index contributed by atoms with van der Waals surface area (Å²) >= 11 is 3.53. The van der Waals surface area contributed by atoms with Crippen molar-refractivity contribution >= 4 is 27.6 Å². The molecule has 0 spiro atoms. The fourth-order valence-corrected chi connectivity index (χ4v) is 3.33. The molecule has 0 aliphatic rings. The van der Waals surface area contributed by atoms with E-state index in [1.54, 1.807) is 37.5 Å². The summed E-state index contributed by atoms with van der Waals surface area (Å²) < 4.78 is 25.7. The second kappa shape index (κ2) is 9.40. The lowest BCUT2D eigenvalue weighted by Gasteiger charge is -2.13. The lowest BCUT2D eigenvalue weighted by Crippen LogP contribution is -1.99. The van der Waals surface area contributed by atoms with Crippen molar-refractivity contribution in [3.8, 4) is 17.6 Å². The molecule has 146 valence electrons. The molecular formula is C24H19BrFNO2. The normalized spacial score (nSPS) is 11.1. The van der Waals surface area contributed by atoms with Crippen molar-refractivity contribution in [1.82, 2.24) is 0 Å². The van der Waals surface area contributed by atoms with Crippen LogP contribution in [0.5, 0.6) is 11.5 Å². The van der Waals surface area contributed by atoms with Gasteiger partial charge in [-0.25, -0.2) is 4.39 Å². The van der Waals surface area contributed by atoms with Crippen LogP contribution in [0.3, 0.4) is 0 Å². The van der Waals surface area contributed by atoms with Crippen LogP contribution in [0, 0.1) is 24.1 Å². The number of halogens is 2. The number of hydrogen-bond donors (Lipinski definition) is 0. The molecule has 0 bridgehead atoms. The minimum absolute atomic E-state index is 0.348. The van der Waals surface area contributed by atoms with Gasteiger partial charge in [-0.05, 0) is 54.0 Å². The SMILES string of the molecule is COc1cc(/C=C(/C#N)c2cccc(F)c2)c(Br)cc1OCc1cccc(C)c1. The molecule has 3 nitrogen and oxygen atoms in total. The summed E-state index contributed by atoms with van der Waals surface area (Å²) in [5, 5.41) is 9.52. The first-order valence-corrected chi connectivity index (χ1v) is 9.73. The first-order valence-electron chi connectivity index (χ1n) is 8.94. The second-order valence-electron chi connectivity index (χ2n) is 6.48. The lowest BCUT2D eigenvalue weighted by atomic mass is 10.0. The number of allylic oxidation sites excluding steroid dienone is 1. The van der Waals surface area contributed by atoms with Crippen LogP contribution in [0.1, 0.15) is 22.3 Å². The van der Waals surface area contributed by atoms with Crippen molar-refractivity contribution in [3.63, 3.8) is 0 Å². The molecule has 0 heterocycles. The van der Waals surface area contributed by atoms with Gasteiger partial charge in [0.25, 0.3) is 0 Å². The number of hydrogen-bond acceptors (Lipinski definition) is 3. The number of aryl methyl sites for hydroxylation is 1. The molecule has 0 saturated carbocycles. The number of methoxy groups -OCH3 is 1. The molecule has 29 heavy (non-hydrogen) atoms. The molecule has 0 aromatic heterocycles. The largest absolute Gasteiger partial charge is 0.493 e. The topological polar surface area (TPSA) is 42.2 Å². The lowest BCUT2D eigenvalue weighted by molar-refractivity contribution is 0.284. The van der Waals surface area contributed by atoms with E-state index in [2.05, 4.69) is 28.1 Å². The number of rotatable bonds is 6. The zero-order valence-electron chi connectivity index (χ0n) is 16.1. The van der Waals surface area contributed by atoms with Gasteiger partial charge in [0, 0.05) is 4.47 Å². The molecule has 5 heteroatoms. The van der Waals surface area contributed by atoms with Crippen molar-refractivity contribution in [2.45, 2.75) is 13.5 Å². The standard InChI is InChI=1S/C24H19BrFNO2/c1-16-5-3-6-17(9-16)15-29-24-13-22(25)19(12-23(24)28-2)10-20(14-27)18-7-4-8-21(26)11-18/h3-13H,15H2,1-2H3/b20-10-. The molecule has 0 atom stereocenters. The molecular weight excluding hydrogens is 433 g/mol. The van der Waals surface area contributed by atoms with E-state index in [0.717, 1.165) is 15.6 Å². The third-order valence-corrected chi connectivity index (χ3v) is 5.00. The molecule has 0 unspecified atom stereocenters. The van der Waals surface area contributed by atoms with E-state index in [0.29, 0.717) is 29.2 Å². The quantitative estimate of drug-likeness (QED) is 0.315. The summed E-state index contributed by atoms with van der Waals surface area (Å²) in [6.07, 6.45) is 1.69. The molecule has 0 amide bonds. The summed E-state index contributed by atoms with van der Waals surface area (Å²) in [5.74, 6) is 0.742. The Kier molecular flexibility index (Phi) is 6.69. The highest BCUT2D eigenvalue weighted by molar-refractivity contribution is 9.10. The zero-order chi connectivity index (χ0) is 20.8. The fraction of sp³-hybridized carbons (Fsp3) is 0.125. The summed E-state index contributed by atoms with van der Waals surface area (Å²) in [7, 11) is 1.56. The molecule has 0 aliphatic heterocycles. The van der Waals surface area contributed by atoms with Gasteiger partial charge < -0.3 is 9.47 Å².